The Balaban J connectivity index is 2.67. The molecule has 0 aliphatic carbocycles. The van der Waals surface area contributed by atoms with Gasteiger partial charge in [0, 0.05) is 28.5 Å². The molecule has 1 aromatic heterocycles. The lowest BCUT2D eigenvalue weighted by atomic mass is 10.2. The molecule has 0 radical (unpaired) electrons. The SMILES string of the molecule is CCn1c(CC(C)=O)cc2cccc(Br)c21. The quantitative estimate of drug-likeness (QED) is 0.842. The molecule has 84 valence electrons. The van der Waals surface area contributed by atoms with E-state index >= 15 is 0 Å². The zero-order chi connectivity index (χ0) is 11.7. The van der Waals surface area contributed by atoms with E-state index in [1.54, 1.807) is 6.92 Å². The maximum Gasteiger partial charge on any atom is 0.135 e. The van der Waals surface area contributed by atoms with Gasteiger partial charge in [-0.3, -0.25) is 4.79 Å². The summed E-state index contributed by atoms with van der Waals surface area (Å²) in [6.45, 7) is 4.62. The first-order chi connectivity index (χ1) is 7.63. The number of hydrogen-bond donors (Lipinski definition) is 0. The van der Waals surface area contributed by atoms with Crippen molar-refractivity contribution in [3.63, 3.8) is 0 Å². The van der Waals surface area contributed by atoms with E-state index in [4.69, 9.17) is 0 Å². The van der Waals surface area contributed by atoms with Crippen LogP contribution in [0.5, 0.6) is 0 Å². The highest BCUT2D eigenvalue weighted by Gasteiger charge is 2.11. The molecule has 0 spiro atoms. The molecule has 3 heteroatoms. The first kappa shape index (κ1) is 11.4. The van der Waals surface area contributed by atoms with Crippen molar-refractivity contribution in [3.8, 4) is 0 Å². The molecule has 2 rings (SSSR count). The van der Waals surface area contributed by atoms with Gasteiger partial charge in [0.2, 0.25) is 0 Å². The molecule has 16 heavy (non-hydrogen) atoms. The van der Waals surface area contributed by atoms with Gasteiger partial charge in [-0.05, 0) is 41.9 Å². The number of benzene rings is 1. The molecule has 1 aromatic carbocycles. The second-order valence-corrected chi connectivity index (χ2v) is 4.79. The first-order valence-electron chi connectivity index (χ1n) is 5.39. The number of para-hydroxylation sites is 1. The van der Waals surface area contributed by atoms with Gasteiger partial charge in [0.15, 0.2) is 0 Å². The number of carbonyl (C=O) groups excluding carboxylic acids is 1. The molecule has 2 aromatic rings. The normalized spacial score (nSPS) is 10.9. The van der Waals surface area contributed by atoms with E-state index in [0.717, 1.165) is 16.7 Å². The van der Waals surface area contributed by atoms with E-state index in [1.807, 2.05) is 12.1 Å². The van der Waals surface area contributed by atoms with Gasteiger partial charge in [0.05, 0.1) is 5.52 Å². The predicted octanol–water partition coefficient (Wildman–Crippen LogP) is 3.56. The molecule has 0 N–H and O–H groups in total. The maximum atomic E-state index is 11.2. The van der Waals surface area contributed by atoms with Crippen molar-refractivity contribution in [3.05, 3.63) is 34.4 Å². The zero-order valence-electron chi connectivity index (χ0n) is 9.46. The lowest BCUT2D eigenvalue weighted by Crippen LogP contribution is -2.05. The highest BCUT2D eigenvalue weighted by Crippen LogP contribution is 2.27. The third-order valence-corrected chi connectivity index (χ3v) is 3.34. The minimum absolute atomic E-state index is 0.202. The summed E-state index contributed by atoms with van der Waals surface area (Å²) in [7, 11) is 0. The largest absolute Gasteiger partial charge is 0.344 e. The average Bonchev–Trinajstić information content (AvgIpc) is 2.55. The Bertz CT molecular complexity index is 542. The van der Waals surface area contributed by atoms with Crippen LogP contribution in [0.2, 0.25) is 0 Å². The second-order valence-electron chi connectivity index (χ2n) is 3.94. The van der Waals surface area contributed by atoms with Crippen molar-refractivity contribution in [1.82, 2.24) is 4.57 Å². The van der Waals surface area contributed by atoms with Crippen molar-refractivity contribution >= 4 is 32.6 Å². The summed E-state index contributed by atoms with van der Waals surface area (Å²) in [5.74, 6) is 0.202. The van der Waals surface area contributed by atoms with Crippen LogP contribution in [-0.2, 0) is 17.8 Å². The summed E-state index contributed by atoms with van der Waals surface area (Å²) in [6.07, 6.45) is 0.509. The van der Waals surface area contributed by atoms with E-state index in [9.17, 15) is 4.79 Å². The number of ketones is 1. The third kappa shape index (κ3) is 1.92. The van der Waals surface area contributed by atoms with Crippen molar-refractivity contribution in [2.45, 2.75) is 26.8 Å². The molecule has 0 bridgehead atoms. The number of hydrogen-bond acceptors (Lipinski definition) is 1. The highest BCUT2D eigenvalue weighted by molar-refractivity contribution is 9.10. The molecule has 0 aliphatic heterocycles. The van der Waals surface area contributed by atoms with Crippen LogP contribution in [0.4, 0.5) is 0 Å². The Labute approximate surface area is 103 Å². The fourth-order valence-corrected chi connectivity index (χ4v) is 2.69. The smallest absolute Gasteiger partial charge is 0.135 e. The van der Waals surface area contributed by atoms with Crippen LogP contribution < -0.4 is 0 Å². The fraction of sp³-hybridized carbons (Fsp3) is 0.308. The standard InChI is InChI=1S/C13H14BrNO/c1-3-15-11(7-9(2)16)8-10-5-4-6-12(14)13(10)15/h4-6,8H,3,7H2,1-2H3. The van der Waals surface area contributed by atoms with Crippen LogP contribution in [0.1, 0.15) is 19.5 Å². The van der Waals surface area contributed by atoms with Gasteiger partial charge in [-0.2, -0.15) is 0 Å². The van der Waals surface area contributed by atoms with Crippen LogP contribution in [0.25, 0.3) is 10.9 Å². The second kappa shape index (κ2) is 4.42. The van der Waals surface area contributed by atoms with Crippen molar-refractivity contribution in [2.24, 2.45) is 0 Å². The van der Waals surface area contributed by atoms with Crippen molar-refractivity contribution in [2.75, 3.05) is 0 Å². The average molecular weight is 280 g/mol. The molecule has 0 fully saturated rings. The van der Waals surface area contributed by atoms with Gasteiger partial charge in [0.25, 0.3) is 0 Å². The monoisotopic (exact) mass is 279 g/mol. The van der Waals surface area contributed by atoms with E-state index in [2.05, 4.69) is 39.6 Å². The lowest BCUT2D eigenvalue weighted by Gasteiger charge is -2.07. The van der Waals surface area contributed by atoms with Gasteiger partial charge >= 0.3 is 0 Å². The molecule has 0 aliphatic rings. The van der Waals surface area contributed by atoms with E-state index in [0.29, 0.717) is 6.42 Å². The van der Waals surface area contributed by atoms with Crippen molar-refractivity contribution in [1.29, 1.82) is 0 Å². The van der Waals surface area contributed by atoms with Crippen LogP contribution in [0, 0.1) is 0 Å². The Hall–Kier alpha value is -1.09. The predicted molar refractivity (Wildman–Crippen MR) is 69.7 cm³/mol. The molecular formula is C13H14BrNO. The number of aryl methyl sites for hydroxylation is 1. The van der Waals surface area contributed by atoms with E-state index < -0.39 is 0 Å². The van der Waals surface area contributed by atoms with E-state index in [-0.39, 0.29) is 5.78 Å². The Morgan fingerprint density at radius 2 is 2.19 bits per heavy atom. The zero-order valence-corrected chi connectivity index (χ0v) is 11.0. The third-order valence-electron chi connectivity index (χ3n) is 2.70. The lowest BCUT2D eigenvalue weighted by molar-refractivity contribution is -0.116. The van der Waals surface area contributed by atoms with Crippen LogP contribution in [-0.4, -0.2) is 10.4 Å². The minimum Gasteiger partial charge on any atom is -0.344 e. The molecule has 0 saturated carbocycles. The molecule has 1 heterocycles. The first-order valence-corrected chi connectivity index (χ1v) is 6.19. The summed E-state index contributed by atoms with van der Waals surface area (Å²) < 4.78 is 3.28. The number of nitrogens with zero attached hydrogens (tertiary/aromatic N) is 1. The summed E-state index contributed by atoms with van der Waals surface area (Å²) in [4.78, 5) is 11.2. The summed E-state index contributed by atoms with van der Waals surface area (Å²) in [5, 5.41) is 1.19. The molecular weight excluding hydrogens is 266 g/mol. The molecule has 0 saturated heterocycles. The van der Waals surface area contributed by atoms with Crippen LogP contribution >= 0.6 is 15.9 Å². The Morgan fingerprint density at radius 1 is 1.44 bits per heavy atom. The van der Waals surface area contributed by atoms with Gasteiger partial charge in [-0.15, -0.1) is 0 Å². The van der Waals surface area contributed by atoms with Gasteiger partial charge in [0.1, 0.15) is 5.78 Å². The molecule has 0 amide bonds. The van der Waals surface area contributed by atoms with Crippen molar-refractivity contribution < 1.29 is 4.79 Å². The number of halogens is 1. The number of carbonyl (C=O) groups is 1. The van der Waals surface area contributed by atoms with E-state index in [1.165, 1.54) is 10.9 Å². The summed E-state index contributed by atoms with van der Waals surface area (Å²) >= 11 is 3.56. The summed E-state index contributed by atoms with van der Waals surface area (Å²) in [6, 6.07) is 8.23. The molecule has 0 atom stereocenters. The van der Waals surface area contributed by atoms with Gasteiger partial charge in [-0.25, -0.2) is 0 Å². The maximum absolute atomic E-state index is 11.2. The minimum atomic E-state index is 0.202. The van der Waals surface area contributed by atoms with Crippen LogP contribution in [0.3, 0.4) is 0 Å². The molecule has 2 nitrogen and oxygen atoms in total. The topological polar surface area (TPSA) is 22.0 Å². The number of Topliss-reactive ketones (excluding diaryl/α,β-unsaturated/α-hetero) is 1. The van der Waals surface area contributed by atoms with Gasteiger partial charge < -0.3 is 4.57 Å². The number of rotatable bonds is 3. The Morgan fingerprint density at radius 3 is 2.81 bits per heavy atom. The Kier molecular flexibility index (Phi) is 3.15. The number of fused-ring (bicyclic) bond motifs is 1. The van der Waals surface area contributed by atoms with Crippen LogP contribution in [0.15, 0.2) is 28.7 Å². The summed E-state index contributed by atoms with van der Waals surface area (Å²) in [5.41, 5.74) is 2.28. The van der Waals surface area contributed by atoms with Gasteiger partial charge in [-0.1, -0.05) is 12.1 Å². The number of aromatic nitrogens is 1. The highest BCUT2D eigenvalue weighted by atomic mass is 79.9. The fourth-order valence-electron chi connectivity index (χ4n) is 2.10. The molecule has 0 unspecified atom stereocenters.